The van der Waals surface area contributed by atoms with Gasteiger partial charge in [-0.2, -0.15) is 0 Å². The van der Waals surface area contributed by atoms with Gasteiger partial charge in [-0.3, -0.25) is 0 Å². The molecule has 0 radical (unpaired) electrons. The molecule has 0 aliphatic carbocycles. The second-order valence-corrected chi connectivity index (χ2v) is 4.89. The van der Waals surface area contributed by atoms with E-state index in [0.717, 1.165) is 11.3 Å². The van der Waals surface area contributed by atoms with Gasteiger partial charge in [0.1, 0.15) is 5.75 Å². The fraction of sp³-hybridized carbons (Fsp3) is 0.538. The van der Waals surface area contributed by atoms with Crippen LogP contribution < -0.4 is 10.5 Å². The lowest BCUT2D eigenvalue weighted by atomic mass is 9.72. The van der Waals surface area contributed by atoms with Crippen LogP contribution in [0.2, 0.25) is 0 Å². The molecule has 1 aromatic rings. The van der Waals surface area contributed by atoms with Crippen LogP contribution in [0.25, 0.3) is 0 Å². The SMILES string of the molecule is COc1cccc(C(C)(O)C(C)(C)CN)c1. The van der Waals surface area contributed by atoms with E-state index >= 15 is 0 Å². The average Bonchev–Trinajstić information content (AvgIpc) is 2.28. The van der Waals surface area contributed by atoms with E-state index in [0.29, 0.717) is 6.54 Å². The third-order valence-electron chi connectivity index (χ3n) is 3.46. The Morgan fingerprint density at radius 3 is 2.44 bits per heavy atom. The normalized spacial score (nSPS) is 15.6. The second kappa shape index (κ2) is 4.44. The van der Waals surface area contributed by atoms with E-state index in [-0.39, 0.29) is 5.41 Å². The molecule has 3 N–H and O–H groups in total. The van der Waals surface area contributed by atoms with Gasteiger partial charge >= 0.3 is 0 Å². The Bertz CT molecular complexity index is 359. The third-order valence-corrected chi connectivity index (χ3v) is 3.46. The Morgan fingerprint density at radius 1 is 1.31 bits per heavy atom. The first kappa shape index (κ1) is 13.0. The van der Waals surface area contributed by atoms with Crippen molar-refractivity contribution in [3.8, 4) is 5.75 Å². The predicted molar refractivity (Wildman–Crippen MR) is 65.4 cm³/mol. The standard InChI is InChI=1S/C13H21NO2/c1-12(2,9-14)13(3,15)10-6-5-7-11(8-10)16-4/h5-8,15H,9,14H2,1-4H3. The van der Waals surface area contributed by atoms with Crippen molar-refractivity contribution in [2.75, 3.05) is 13.7 Å². The van der Waals surface area contributed by atoms with Gasteiger partial charge in [0.05, 0.1) is 12.7 Å². The lowest BCUT2D eigenvalue weighted by molar-refractivity contribution is -0.0522. The highest BCUT2D eigenvalue weighted by atomic mass is 16.5. The molecule has 1 rings (SSSR count). The lowest BCUT2D eigenvalue weighted by Crippen LogP contribution is -2.44. The maximum atomic E-state index is 10.6. The molecule has 0 amide bonds. The van der Waals surface area contributed by atoms with E-state index in [4.69, 9.17) is 10.5 Å². The van der Waals surface area contributed by atoms with Crippen molar-refractivity contribution in [1.82, 2.24) is 0 Å². The summed E-state index contributed by atoms with van der Waals surface area (Å²) in [5.41, 5.74) is 5.17. The molecule has 0 saturated carbocycles. The maximum Gasteiger partial charge on any atom is 0.119 e. The van der Waals surface area contributed by atoms with Gasteiger partial charge in [-0.1, -0.05) is 26.0 Å². The van der Waals surface area contributed by atoms with Gasteiger partial charge < -0.3 is 15.6 Å². The molecule has 3 nitrogen and oxygen atoms in total. The number of hydrogen-bond acceptors (Lipinski definition) is 3. The summed E-state index contributed by atoms with van der Waals surface area (Å²) in [5, 5.41) is 10.6. The highest BCUT2D eigenvalue weighted by Crippen LogP contribution is 2.39. The first-order chi connectivity index (χ1) is 7.35. The first-order valence-corrected chi connectivity index (χ1v) is 5.42. The Morgan fingerprint density at radius 2 is 1.94 bits per heavy atom. The van der Waals surface area contributed by atoms with Crippen molar-refractivity contribution in [2.45, 2.75) is 26.4 Å². The quantitative estimate of drug-likeness (QED) is 0.819. The van der Waals surface area contributed by atoms with Gasteiger partial charge in [0.15, 0.2) is 0 Å². The number of benzene rings is 1. The molecule has 3 heteroatoms. The Hall–Kier alpha value is -1.06. The van der Waals surface area contributed by atoms with E-state index in [9.17, 15) is 5.11 Å². The monoisotopic (exact) mass is 223 g/mol. The minimum atomic E-state index is -0.976. The van der Waals surface area contributed by atoms with Crippen LogP contribution in [0.4, 0.5) is 0 Å². The lowest BCUT2D eigenvalue weighted by Gasteiger charge is -2.39. The van der Waals surface area contributed by atoms with Gasteiger partial charge in [0.2, 0.25) is 0 Å². The van der Waals surface area contributed by atoms with Crippen molar-refractivity contribution >= 4 is 0 Å². The molecular formula is C13H21NO2. The molecule has 1 unspecified atom stereocenters. The van der Waals surface area contributed by atoms with Crippen LogP contribution in [0.3, 0.4) is 0 Å². The molecule has 0 spiro atoms. The highest BCUT2D eigenvalue weighted by Gasteiger charge is 2.39. The highest BCUT2D eigenvalue weighted by molar-refractivity contribution is 5.33. The van der Waals surface area contributed by atoms with Crippen LogP contribution in [0.1, 0.15) is 26.3 Å². The Balaban J connectivity index is 3.16. The van der Waals surface area contributed by atoms with Crippen LogP contribution in [0, 0.1) is 5.41 Å². The molecule has 0 saturated heterocycles. The summed E-state index contributed by atoms with van der Waals surface area (Å²) in [4.78, 5) is 0. The minimum Gasteiger partial charge on any atom is -0.497 e. The van der Waals surface area contributed by atoms with E-state index in [1.165, 1.54) is 0 Å². The van der Waals surface area contributed by atoms with Gasteiger partial charge in [0.25, 0.3) is 0 Å². The maximum absolute atomic E-state index is 10.6. The molecule has 16 heavy (non-hydrogen) atoms. The molecule has 0 bridgehead atoms. The van der Waals surface area contributed by atoms with Gasteiger partial charge in [-0.15, -0.1) is 0 Å². The molecule has 0 heterocycles. The van der Waals surface area contributed by atoms with Gasteiger partial charge in [0, 0.05) is 12.0 Å². The van der Waals surface area contributed by atoms with Gasteiger partial charge in [-0.05, 0) is 24.6 Å². The zero-order chi connectivity index (χ0) is 12.4. The zero-order valence-electron chi connectivity index (χ0n) is 10.4. The summed E-state index contributed by atoms with van der Waals surface area (Å²) in [6.45, 7) is 6.10. The van der Waals surface area contributed by atoms with E-state index in [1.807, 2.05) is 38.1 Å². The van der Waals surface area contributed by atoms with E-state index < -0.39 is 5.60 Å². The summed E-state index contributed by atoms with van der Waals surface area (Å²) in [6, 6.07) is 7.46. The molecule has 0 aliphatic rings. The Labute approximate surface area is 97.2 Å². The molecule has 90 valence electrons. The molecular weight excluding hydrogens is 202 g/mol. The number of nitrogens with two attached hydrogens (primary N) is 1. The van der Waals surface area contributed by atoms with E-state index in [1.54, 1.807) is 14.0 Å². The van der Waals surface area contributed by atoms with Crippen LogP contribution in [-0.4, -0.2) is 18.8 Å². The predicted octanol–water partition coefficient (Wildman–Crippen LogP) is 1.89. The van der Waals surface area contributed by atoms with Crippen molar-refractivity contribution in [2.24, 2.45) is 11.1 Å². The van der Waals surface area contributed by atoms with Crippen molar-refractivity contribution < 1.29 is 9.84 Å². The van der Waals surface area contributed by atoms with E-state index in [2.05, 4.69) is 0 Å². The fourth-order valence-corrected chi connectivity index (χ4v) is 1.52. The number of methoxy groups -OCH3 is 1. The first-order valence-electron chi connectivity index (χ1n) is 5.42. The largest absolute Gasteiger partial charge is 0.497 e. The fourth-order valence-electron chi connectivity index (χ4n) is 1.52. The number of ether oxygens (including phenoxy) is 1. The average molecular weight is 223 g/mol. The molecule has 0 fully saturated rings. The molecule has 0 aromatic heterocycles. The van der Waals surface area contributed by atoms with Crippen LogP contribution >= 0.6 is 0 Å². The zero-order valence-corrected chi connectivity index (χ0v) is 10.4. The van der Waals surface area contributed by atoms with Crippen molar-refractivity contribution in [3.63, 3.8) is 0 Å². The number of rotatable bonds is 4. The van der Waals surface area contributed by atoms with Crippen LogP contribution in [0.5, 0.6) is 5.75 Å². The topological polar surface area (TPSA) is 55.5 Å². The summed E-state index contributed by atoms with van der Waals surface area (Å²) in [7, 11) is 1.61. The van der Waals surface area contributed by atoms with Gasteiger partial charge in [-0.25, -0.2) is 0 Å². The van der Waals surface area contributed by atoms with Crippen molar-refractivity contribution in [3.05, 3.63) is 29.8 Å². The molecule has 1 atom stereocenters. The summed E-state index contributed by atoms with van der Waals surface area (Å²) in [5.74, 6) is 0.741. The summed E-state index contributed by atoms with van der Waals surface area (Å²) in [6.07, 6.45) is 0. The molecule has 0 aliphatic heterocycles. The van der Waals surface area contributed by atoms with Crippen LogP contribution in [0.15, 0.2) is 24.3 Å². The number of aliphatic hydroxyl groups is 1. The second-order valence-electron chi connectivity index (χ2n) is 4.89. The smallest absolute Gasteiger partial charge is 0.119 e. The summed E-state index contributed by atoms with van der Waals surface area (Å²) >= 11 is 0. The van der Waals surface area contributed by atoms with Crippen LogP contribution in [-0.2, 0) is 5.60 Å². The Kier molecular flexibility index (Phi) is 3.61. The number of hydrogen-bond donors (Lipinski definition) is 2. The summed E-state index contributed by atoms with van der Waals surface area (Å²) < 4.78 is 5.15. The van der Waals surface area contributed by atoms with Crippen molar-refractivity contribution in [1.29, 1.82) is 0 Å². The molecule has 1 aromatic carbocycles. The minimum absolute atomic E-state index is 0.390. The third kappa shape index (κ3) is 2.20.